The maximum absolute atomic E-state index is 13.3. The maximum atomic E-state index is 13.3. The molecule has 8 heteroatoms. The molecule has 0 saturated carbocycles. The predicted molar refractivity (Wildman–Crippen MR) is 151 cm³/mol. The van der Waals surface area contributed by atoms with Crippen molar-refractivity contribution in [2.24, 2.45) is 5.73 Å². The molecule has 0 spiro atoms. The molecule has 1 saturated heterocycles. The monoisotopic (exact) mass is 518 g/mol. The van der Waals surface area contributed by atoms with Gasteiger partial charge in [-0.2, -0.15) is 0 Å². The summed E-state index contributed by atoms with van der Waals surface area (Å²) in [5.74, 6) is -0.685. The van der Waals surface area contributed by atoms with Crippen molar-refractivity contribution in [1.29, 1.82) is 5.41 Å². The number of ether oxygens (including phenoxy) is 1. The minimum Gasteiger partial charge on any atom is -0.482 e. The number of H-pyrrole nitrogens is 1. The van der Waals surface area contributed by atoms with Gasteiger partial charge in [0.2, 0.25) is 0 Å². The Hall–Kier alpha value is -3.65. The molecule has 3 unspecified atom stereocenters. The lowest BCUT2D eigenvalue weighted by Gasteiger charge is -2.45. The number of carboxylic acids is 1. The smallest absolute Gasteiger partial charge is 0.341 e. The number of piperidine rings is 1. The van der Waals surface area contributed by atoms with Gasteiger partial charge in [0, 0.05) is 40.7 Å². The van der Waals surface area contributed by atoms with E-state index in [1.165, 1.54) is 6.42 Å². The number of pyridine rings is 1. The van der Waals surface area contributed by atoms with E-state index in [1.54, 1.807) is 24.3 Å². The molecule has 4 rings (SSSR count). The zero-order valence-corrected chi connectivity index (χ0v) is 22.4. The number of hydrogen-bond donors (Lipinski definition) is 4. The molecule has 1 aliphatic heterocycles. The topological polar surface area (TPSA) is 133 Å². The fourth-order valence-electron chi connectivity index (χ4n) is 5.80. The minimum atomic E-state index is -1.05. The average molecular weight is 519 g/mol. The summed E-state index contributed by atoms with van der Waals surface area (Å²) in [6.07, 6.45) is 6.49. The van der Waals surface area contributed by atoms with Gasteiger partial charge in [-0.05, 0) is 62.4 Å². The molecule has 5 N–H and O–H groups in total. The van der Waals surface area contributed by atoms with E-state index >= 15 is 0 Å². The maximum Gasteiger partial charge on any atom is 0.341 e. The quantitative estimate of drug-likeness (QED) is 0.209. The number of hydrogen-bond acceptors (Lipinski definition) is 5. The lowest BCUT2D eigenvalue weighted by atomic mass is 9.88. The van der Waals surface area contributed by atoms with Gasteiger partial charge in [-0.1, -0.05) is 44.4 Å². The third-order valence-electron chi connectivity index (χ3n) is 7.63. The van der Waals surface area contributed by atoms with E-state index in [-0.39, 0.29) is 17.4 Å². The normalized spacial score (nSPS) is 18.8. The number of rotatable bonds is 10. The van der Waals surface area contributed by atoms with Gasteiger partial charge in [0.05, 0.1) is 5.52 Å². The second-order valence-electron chi connectivity index (χ2n) is 10.4. The summed E-state index contributed by atoms with van der Waals surface area (Å²) in [7, 11) is 0. The Balaban J connectivity index is 1.94. The zero-order valence-electron chi connectivity index (χ0n) is 22.4. The van der Waals surface area contributed by atoms with Crippen molar-refractivity contribution >= 4 is 22.7 Å². The number of aromatic amines is 1. The van der Waals surface area contributed by atoms with Gasteiger partial charge in [-0.25, -0.2) is 4.79 Å². The van der Waals surface area contributed by atoms with Crippen LogP contribution in [0.4, 0.5) is 0 Å². The highest BCUT2D eigenvalue weighted by Gasteiger charge is 2.33. The molecular weight excluding hydrogens is 480 g/mol. The molecule has 3 aromatic rings. The molecule has 202 valence electrons. The van der Waals surface area contributed by atoms with Crippen molar-refractivity contribution in [2.75, 3.05) is 6.61 Å². The van der Waals surface area contributed by atoms with Gasteiger partial charge in [-0.3, -0.25) is 15.1 Å². The van der Waals surface area contributed by atoms with Gasteiger partial charge in [0.15, 0.2) is 6.61 Å². The van der Waals surface area contributed by atoms with E-state index in [0.717, 1.165) is 43.1 Å². The van der Waals surface area contributed by atoms with E-state index in [9.17, 15) is 14.7 Å². The van der Waals surface area contributed by atoms with Gasteiger partial charge in [-0.15, -0.1) is 0 Å². The number of nitrogens with two attached hydrogens (primary N) is 1. The Morgan fingerprint density at radius 1 is 1.21 bits per heavy atom. The second-order valence-corrected chi connectivity index (χ2v) is 10.4. The van der Waals surface area contributed by atoms with E-state index < -0.39 is 12.6 Å². The van der Waals surface area contributed by atoms with Crippen LogP contribution in [0.2, 0.25) is 0 Å². The largest absolute Gasteiger partial charge is 0.482 e. The molecule has 0 amide bonds. The standard InChI is InChI=1S/C30H38N4O4/c1-4-5-12-27(34-18(2)8-6-9-19(34)3)25-14-22(38-17-28(35)36)15-26-24(25)16-23(30(37)33-26)20-10-7-11-21(13-20)29(31)32/h7,10-11,13-16,18-19,27H,4-6,8-9,12,17H2,1-3H3,(H3,31,32)(H,33,37)(H,35,36). The van der Waals surface area contributed by atoms with Crippen molar-refractivity contribution in [2.45, 2.75) is 77.4 Å². The third-order valence-corrected chi connectivity index (χ3v) is 7.63. The molecule has 3 atom stereocenters. The highest BCUT2D eigenvalue weighted by molar-refractivity contribution is 5.96. The summed E-state index contributed by atoms with van der Waals surface area (Å²) >= 11 is 0. The van der Waals surface area contributed by atoms with Crippen LogP contribution in [-0.4, -0.2) is 45.5 Å². The number of fused-ring (bicyclic) bond motifs is 1. The predicted octanol–water partition coefficient (Wildman–Crippen LogP) is 5.44. The van der Waals surface area contributed by atoms with Crippen LogP contribution in [0.3, 0.4) is 0 Å². The van der Waals surface area contributed by atoms with Gasteiger partial charge >= 0.3 is 5.97 Å². The van der Waals surface area contributed by atoms with Crippen LogP contribution in [-0.2, 0) is 4.79 Å². The molecule has 0 bridgehead atoms. The molecular formula is C30H38N4O4. The van der Waals surface area contributed by atoms with Crippen LogP contribution in [0, 0.1) is 5.41 Å². The van der Waals surface area contributed by atoms with Crippen LogP contribution >= 0.6 is 0 Å². The summed E-state index contributed by atoms with van der Waals surface area (Å²) < 4.78 is 5.63. The minimum absolute atomic E-state index is 0.0577. The van der Waals surface area contributed by atoms with Crippen molar-refractivity contribution < 1.29 is 14.6 Å². The number of nitrogen functional groups attached to an aromatic ring is 1. The number of unbranched alkanes of at least 4 members (excludes halogenated alkanes) is 1. The Bertz CT molecular complexity index is 1370. The highest BCUT2D eigenvalue weighted by Crippen LogP contribution is 2.40. The van der Waals surface area contributed by atoms with Crippen LogP contribution in [0.25, 0.3) is 22.0 Å². The van der Waals surface area contributed by atoms with Crippen LogP contribution in [0.15, 0.2) is 47.3 Å². The number of nitrogens with zero attached hydrogens (tertiary/aromatic N) is 1. The Kier molecular flexibility index (Phi) is 8.52. The summed E-state index contributed by atoms with van der Waals surface area (Å²) in [6.45, 7) is 6.29. The summed E-state index contributed by atoms with van der Waals surface area (Å²) in [6, 6.07) is 13.6. The van der Waals surface area contributed by atoms with Crippen LogP contribution < -0.4 is 16.0 Å². The number of amidine groups is 1. The molecule has 1 aromatic heterocycles. The number of carboxylic acid groups (broad SMARTS) is 1. The molecule has 8 nitrogen and oxygen atoms in total. The summed E-state index contributed by atoms with van der Waals surface area (Å²) in [4.78, 5) is 30.1. The fourth-order valence-corrected chi connectivity index (χ4v) is 5.80. The number of aromatic nitrogens is 1. The molecule has 1 fully saturated rings. The van der Waals surface area contributed by atoms with Crippen molar-refractivity contribution in [3.63, 3.8) is 0 Å². The van der Waals surface area contributed by atoms with Gasteiger partial charge in [0.25, 0.3) is 5.56 Å². The number of carbonyl (C=O) groups is 1. The second kappa shape index (κ2) is 11.8. The number of aliphatic carboxylic acids is 1. The molecule has 1 aliphatic rings. The fraction of sp³-hybridized carbons (Fsp3) is 0.433. The van der Waals surface area contributed by atoms with Gasteiger partial charge < -0.3 is 20.6 Å². The first kappa shape index (κ1) is 27.4. The number of likely N-dealkylation sites (tertiary alicyclic amines) is 1. The molecule has 2 heterocycles. The van der Waals surface area contributed by atoms with Crippen molar-refractivity contribution in [1.82, 2.24) is 9.88 Å². The summed E-state index contributed by atoms with van der Waals surface area (Å²) in [5, 5.41) is 17.9. The number of benzene rings is 2. The molecule has 2 aromatic carbocycles. The zero-order chi connectivity index (χ0) is 27.4. The highest BCUT2D eigenvalue weighted by atomic mass is 16.5. The van der Waals surface area contributed by atoms with Crippen molar-refractivity contribution in [3.05, 3.63) is 63.9 Å². The first-order valence-electron chi connectivity index (χ1n) is 13.5. The van der Waals surface area contributed by atoms with Crippen molar-refractivity contribution in [3.8, 4) is 16.9 Å². The Labute approximate surface area is 223 Å². The lowest BCUT2D eigenvalue weighted by Crippen LogP contribution is -2.46. The molecule has 0 radical (unpaired) electrons. The first-order valence-corrected chi connectivity index (χ1v) is 13.5. The van der Waals surface area contributed by atoms with E-state index in [2.05, 4.69) is 30.7 Å². The Morgan fingerprint density at radius 2 is 1.95 bits per heavy atom. The Morgan fingerprint density at radius 3 is 2.61 bits per heavy atom. The first-order chi connectivity index (χ1) is 18.2. The SMILES string of the molecule is CCCCC(c1cc(OCC(=O)O)cc2[nH]c(=O)c(-c3cccc(C(=N)N)c3)cc12)N1C(C)CCCC1C. The van der Waals surface area contributed by atoms with E-state index in [4.69, 9.17) is 15.9 Å². The van der Waals surface area contributed by atoms with Crippen LogP contribution in [0.5, 0.6) is 5.75 Å². The average Bonchev–Trinajstić information content (AvgIpc) is 2.88. The molecule has 38 heavy (non-hydrogen) atoms. The van der Waals surface area contributed by atoms with Crippen LogP contribution in [0.1, 0.15) is 76.5 Å². The third kappa shape index (κ3) is 5.91. The van der Waals surface area contributed by atoms with E-state index in [1.807, 2.05) is 18.2 Å². The summed E-state index contributed by atoms with van der Waals surface area (Å²) in [5.41, 5.74) is 8.80. The number of nitrogens with one attached hydrogen (secondary N) is 2. The van der Waals surface area contributed by atoms with E-state index in [0.29, 0.717) is 40.0 Å². The van der Waals surface area contributed by atoms with Gasteiger partial charge in [0.1, 0.15) is 11.6 Å². The molecule has 0 aliphatic carbocycles. The lowest BCUT2D eigenvalue weighted by molar-refractivity contribution is -0.139.